The van der Waals surface area contributed by atoms with Crippen LogP contribution in [0.4, 0.5) is 0 Å². The molecule has 0 N–H and O–H groups in total. The third-order valence-corrected chi connectivity index (χ3v) is 3.73. The third kappa shape index (κ3) is 3.49. The Hall–Kier alpha value is -1.02. The number of hydrogen-bond acceptors (Lipinski definition) is 2. The zero-order chi connectivity index (χ0) is 13.0. The molecular formula is C16H25NO. The molecule has 0 unspecified atom stereocenters. The molecule has 1 fully saturated rings. The summed E-state index contributed by atoms with van der Waals surface area (Å²) in [5, 5.41) is 0. The second kappa shape index (κ2) is 6.24. The summed E-state index contributed by atoms with van der Waals surface area (Å²) in [5.74, 6) is 1.71. The van der Waals surface area contributed by atoms with Crippen LogP contribution in [0.1, 0.15) is 32.3 Å². The lowest BCUT2D eigenvalue weighted by Crippen LogP contribution is -2.34. The maximum atomic E-state index is 5.20. The molecule has 0 amide bonds. The van der Waals surface area contributed by atoms with E-state index < -0.39 is 0 Å². The maximum absolute atomic E-state index is 5.20. The highest BCUT2D eigenvalue weighted by atomic mass is 16.5. The van der Waals surface area contributed by atoms with Gasteiger partial charge in [-0.1, -0.05) is 26.0 Å². The quantitative estimate of drug-likeness (QED) is 0.791. The fourth-order valence-corrected chi connectivity index (χ4v) is 2.87. The summed E-state index contributed by atoms with van der Waals surface area (Å²) in [6.07, 6.45) is 3.88. The summed E-state index contributed by atoms with van der Waals surface area (Å²) in [5.41, 5.74) is 1.43. The smallest absolute Gasteiger partial charge is 0.118 e. The number of nitrogens with zero attached hydrogens (tertiary/aromatic N) is 1. The molecule has 1 aliphatic rings. The van der Waals surface area contributed by atoms with Crippen LogP contribution in [0.3, 0.4) is 0 Å². The Balaban J connectivity index is 1.94. The molecule has 1 atom stereocenters. The van der Waals surface area contributed by atoms with Gasteiger partial charge in [0.05, 0.1) is 7.11 Å². The summed E-state index contributed by atoms with van der Waals surface area (Å²) in [4.78, 5) is 2.66. The van der Waals surface area contributed by atoms with Crippen LogP contribution in [0.5, 0.6) is 5.75 Å². The van der Waals surface area contributed by atoms with Crippen LogP contribution in [0.2, 0.25) is 0 Å². The number of hydrogen-bond donors (Lipinski definition) is 0. The van der Waals surface area contributed by atoms with E-state index in [4.69, 9.17) is 4.74 Å². The van der Waals surface area contributed by atoms with Gasteiger partial charge in [0, 0.05) is 12.6 Å². The Morgan fingerprint density at radius 3 is 2.61 bits per heavy atom. The van der Waals surface area contributed by atoms with Crippen molar-refractivity contribution < 1.29 is 4.74 Å². The standard InChI is InChI=1S/C16H25NO/c1-13(2)12-17-10-4-5-15(17)11-14-6-8-16(18-3)9-7-14/h6-9,13,15H,4-5,10-12H2,1-3H3/t15-/m1/s1. The summed E-state index contributed by atoms with van der Waals surface area (Å²) < 4.78 is 5.20. The van der Waals surface area contributed by atoms with Gasteiger partial charge in [0.1, 0.15) is 5.75 Å². The minimum absolute atomic E-state index is 0.737. The zero-order valence-electron chi connectivity index (χ0n) is 11.9. The highest BCUT2D eigenvalue weighted by Gasteiger charge is 2.24. The second-order valence-corrected chi connectivity index (χ2v) is 5.74. The lowest BCUT2D eigenvalue weighted by atomic mass is 10.0. The lowest BCUT2D eigenvalue weighted by molar-refractivity contribution is 0.225. The first-order valence-corrected chi connectivity index (χ1v) is 7.06. The Kier molecular flexibility index (Phi) is 4.65. The molecule has 100 valence electrons. The van der Waals surface area contributed by atoms with Gasteiger partial charge in [0.2, 0.25) is 0 Å². The molecule has 2 nitrogen and oxygen atoms in total. The van der Waals surface area contributed by atoms with E-state index in [1.165, 1.54) is 37.9 Å². The first-order valence-electron chi connectivity index (χ1n) is 7.06. The van der Waals surface area contributed by atoms with Gasteiger partial charge in [-0.25, -0.2) is 0 Å². The first-order chi connectivity index (χ1) is 8.69. The molecule has 0 radical (unpaired) electrons. The summed E-state index contributed by atoms with van der Waals surface area (Å²) in [6, 6.07) is 9.27. The van der Waals surface area contributed by atoms with E-state index in [1.54, 1.807) is 7.11 Å². The normalized spacial score (nSPS) is 20.6. The number of rotatable bonds is 5. The summed E-state index contributed by atoms with van der Waals surface area (Å²) in [6.45, 7) is 7.13. The van der Waals surface area contributed by atoms with Gasteiger partial charge < -0.3 is 4.74 Å². The van der Waals surface area contributed by atoms with Crippen molar-refractivity contribution in [3.8, 4) is 5.75 Å². The van der Waals surface area contributed by atoms with Crippen molar-refractivity contribution in [2.75, 3.05) is 20.2 Å². The van der Waals surface area contributed by atoms with Gasteiger partial charge in [-0.3, -0.25) is 4.90 Å². The molecule has 2 rings (SSSR count). The van der Waals surface area contributed by atoms with Crippen molar-refractivity contribution in [2.45, 2.75) is 39.2 Å². The predicted molar refractivity (Wildman–Crippen MR) is 76.1 cm³/mol. The minimum atomic E-state index is 0.737. The largest absolute Gasteiger partial charge is 0.497 e. The summed E-state index contributed by atoms with van der Waals surface area (Å²) >= 11 is 0. The van der Waals surface area contributed by atoms with E-state index in [0.717, 1.165) is 17.7 Å². The molecule has 1 aliphatic heterocycles. The molecule has 1 aromatic carbocycles. The van der Waals surface area contributed by atoms with E-state index in [0.29, 0.717) is 0 Å². The molecule has 2 heteroatoms. The van der Waals surface area contributed by atoms with Crippen LogP contribution in [-0.2, 0) is 6.42 Å². The van der Waals surface area contributed by atoms with E-state index in [2.05, 4.69) is 43.0 Å². The van der Waals surface area contributed by atoms with Gasteiger partial charge >= 0.3 is 0 Å². The van der Waals surface area contributed by atoms with Gasteiger partial charge in [-0.05, 0) is 49.4 Å². The van der Waals surface area contributed by atoms with Crippen molar-refractivity contribution in [3.05, 3.63) is 29.8 Å². The molecule has 0 bridgehead atoms. The van der Waals surface area contributed by atoms with Crippen LogP contribution in [0.15, 0.2) is 24.3 Å². The van der Waals surface area contributed by atoms with Crippen LogP contribution in [-0.4, -0.2) is 31.1 Å². The molecule has 1 heterocycles. The second-order valence-electron chi connectivity index (χ2n) is 5.74. The zero-order valence-corrected chi connectivity index (χ0v) is 11.9. The van der Waals surface area contributed by atoms with Crippen LogP contribution in [0, 0.1) is 5.92 Å². The Morgan fingerprint density at radius 1 is 1.28 bits per heavy atom. The van der Waals surface area contributed by atoms with Crippen molar-refractivity contribution in [1.29, 1.82) is 0 Å². The monoisotopic (exact) mass is 247 g/mol. The van der Waals surface area contributed by atoms with Gasteiger partial charge in [0.25, 0.3) is 0 Å². The lowest BCUT2D eigenvalue weighted by Gasteiger charge is -2.26. The van der Waals surface area contributed by atoms with E-state index in [-0.39, 0.29) is 0 Å². The molecule has 1 aromatic rings. The first kappa shape index (κ1) is 13.4. The number of likely N-dealkylation sites (tertiary alicyclic amines) is 1. The van der Waals surface area contributed by atoms with Gasteiger partial charge in [-0.15, -0.1) is 0 Å². The van der Waals surface area contributed by atoms with Crippen molar-refractivity contribution in [1.82, 2.24) is 4.90 Å². The Morgan fingerprint density at radius 2 is 2.00 bits per heavy atom. The average molecular weight is 247 g/mol. The number of ether oxygens (including phenoxy) is 1. The predicted octanol–water partition coefficient (Wildman–Crippen LogP) is 3.36. The molecule has 0 spiro atoms. The van der Waals surface area contributed by atoms with Crippen molar-refractivity contribution in [3.63, 3.8) is 0 Å². The van der Waals surface area contributed by atoms with E-state index in [1.807, 2.05) is 0 Å². The van der Waals surface area contributed by atoms with Gasteiger partial charge in [0.15, 0.2) is 0 Å². The average Bonchev–Trinajstić information content (AvgIpc) is 2.77. The Bertz CT molecular complexity index is 358. The van der Waals surface area contributed by atoms with E-state index in [9.17, 15) is 0 Å². The third-order valence-electron chi connectivity index (χ3n) is 3.73. The SMILES string of the molecule is COc1ccc(C[C@H]2CCCN2CC(C)C)cc1. The molecule has 18 heavy (non-hydrogen) atoms. The van der Waals surface area contributed by atoms with Crippen molar-refractivity contribution >= 4 is 0 Å². The number of benzene rings is 1. The van der Waals surface area contributed by atoms with Crippen molar-refractivity contribution in [2.24, 2.45) is 5.92 Å². The minimum Gasteiger partial charge on any atom is -0.497 e. The van der Waals surface area contributed by atoms with E-state index >= 15 is 0 Å². The maximum Gasteiger partial charge on any atom is 0.118 e. The highest BCUT2D eigenvalue weighted by Crippen LogP contribution is 2.23. The van der Waals surface area contributed by atoms with Crippen LogP contribution in [0.25, 0.3) is 0 Å². The molecule has 0 aliphatic carbocycles. The molecule has 0 saturated carbocycles. The van der Waals surface area contributed by atoms with Gasteiger partial charge in [-0.2, -0.15) is 0 Å². The molecular weight excluding hydrogens is 222 g/mol. The number of methoxy groups -OCH3 is 1. The fraction of sp³-hybridized carbons (Fsp3) is 0.625. The fourth-order valence-electron chi connectivity index (χ4n) is 2.87. The molecule has 1 saturated heterocycles. The molecule has 0 aromatic heterocycles. The summed E-state index contributed by atoms with van der Waals surface area (Å²) in [7, 11) is 1.72. The Labute approximate surface area is 111 Å². The van der Waals surface area contributed by atoms with Crippen LogP contribution < -0.4 is 4.74 Å². The topological polar surface area (TPSA) is 12.5 Å². The van der Waals surface area contributed by atoms with Crippen LogP contribution >= 0.6 is 0 Å². The highest BCUT2D eigenvalue weighted by molar-refractivity contribution is 5.27.